The van der Waals surface area contributed by atoms with Crippen LogP contribution in [0, 0.1) is 0 Å². The van der Waals surface area contributed by atoms with Crippen LogP contribution in [0.1, 0.15) is 22.6 Å². The summed E-state index contributed by atoms with van der Waals surface area (Å²) in [6.45, 7) is 0. The average Bonchev–Trinajstić information content (AvgIpc) is 3.18. The van der Waals surface area contributed by atoms with Crippen LogP contribution in [-0.4, -0.2) is 16.0 Å². The number of aromatic nitrogens is 2. The van der Waals surface area contributed by atoms with Crippen LogP contribution < -0.4 is 4.90 Å². The van der Waals surface area contributed by atoms with Crippen molar-refractivity contribution in [3.63, 3.8) is 0 Å². The second-order valence-electron chi connectivity index (χ2n) is 8.37. The Morgan fingerprint density at radius 3 is 2.41 bits per heavy atom. The summed E-state index contributed by atoms with van der Waals surface area (Å²) in [6.07, 6.45) is 4.51. The number of halogens is 1. The minimum atomic E-state index is 0.0821. The van der Waals surface area contributed by atoms with E-state index in [-0.39, 0.29) is 12.0 Å². The topological polar surface area (TPSA) is 29.0 Å². The molecule has 2 heterocycles. The van der Waals surface area contributed by atoms with Crippen LogP contribution in [0.4, 0.5) is 11.5 Å². The van der Waals surface area contributed by atoms with Crippen LogP contribution in [0.5, 0.6) is 0 Å². The Balaban J connectivity index is 1.55. The highest BCUT2D eigenvalue weighted by molar-refractivity contribution is 6.32. The van der Waals surface area contributed by atoms with Gasteiger partial charge in [0.25, 0.3) is 0 Å². The molecule has 0 saturated carbocycles. The zero-order valence-corrected chi connectivity index (χ0v) is 17.9. The van der Waals surface area contributed by atoms with Gasteiger partial charge in [-0.3, -0.25) is 0 Å². The molecule has 4 aromatic carbocycles. The van der Waals surface area contributed by atoms with Gasteiger partial charge < -0.3 is 4.90 Å². The summed E-state index contributed by atoms with van der Waals surface area (Å²) in [5, 5.41) is 2.95. The molecule has 0 saturated heterocycles. The highest BCUT2D eigenvalue weighted by atomic mass is 35.5. The standard InChI is InChI=1S/C28H18ClN3/c29-27-28(31-22-12-6-5-11-21(22)30-27)32-23-15-13-17-7-1-3-9-19(17)25(23)26-20-10-4-2-8-18(20)14-16-24(26)32/h1-16,23,25H. The molecule has 0 bridgehead atoms. The third kappa shape index (κ3) is 2.43. The third-order valence-corrected chi connectivity index (χ3v) is 6.95. The monoisotopic (exact) mass is 431 g/mol. The van der Waals surface area contributed by atoms with Crippen molar-refractivity contribution in [1.29, 1.82) is 0 Å². The van der Waals surface area contributed by atoms with Crippen LogP contribution in [0.15, 0.2) is 91.0 Å². The highest BCUT2D eigenvalue weighted by Gasteiger charge is 2.43. The van der Waals surface area contributed by atoms with Gasteiger partial charge in [0.2, 0.25) is 0 Å². The summed E-state index contributed by atoms with van der Waals surface area (Å²) in [7, 11) is 0. The normalized spacial score (nSPS) is 18.6. The molecule has 1 aromatic heterocycles. The number of nitrogens with zero attached hydrogens (tertiary/aromatic N) is 3. The lowest BCUT2D eigenvalue weighted by molar-refractivity contribution is 0.721. The number of benzene rings is 4. The Morgan fingerprint density at radius 1 is 0.750 bits per heavy atom. The van der Waals surface area contributed by atoms with Gasteiger partial charge in [-0.25, -0.2) is 9.97 Å². The molecule has 1 aliphatic carbocycles. The molecule has 1 aliphatic heterocycles. The molecule has 2 aliphatic rings. The number of fused-ring (bicyclic) bond motifs is 8. The summed E-state index contributed by atoms with van der Waals surface area (Å²) < 4.78 is 0. The van der Waals surface area contributed by atoms with Crippen molar-refractivity contribution in [2.45, 2.75) is 12.0 Å². The molecule has 5 aromatic rings. The van der Waals surface area contributed by atoms with E-state index in [1.165, 1.54) is 27.5 Å². The number of hydrogen-bond donors (Lipinski definition) is 0. The zero-order valence-electron chi connectivity index (χ0n) is 17.1. The zero-order chi connectivity index (χ0) is 21.2. The van der Waals surface area contributed by atoms with Crippen molar-refractivity contribution in [1.82, 2.24) is 9.97 Å². The van der Waals surface area contributed by atoms with Crippen LogP contribution >= 0.6 is 11.6 Å². The van der Waals surface area contributed by atoms with Gasteiger partial charge in [-0.15, -0.1) is 0 Å². The summed E-state index contributed by atoms with van der Waals surface area (Å²) >= 11 is 6.76. The molecular weight excluding hydrogens is 414 g/mol. The van der Waals surface area contributed by atoms with E-state index in [4.69, 9.17) is 16.6 Å². The SMILES string of the molecule is Clc1nc2ccccc2nc1N1c2ccc3ccccc3c2C2c3ccccc3C=CC21. The molecule has 3 nitrogen and oxygen atoms in total. The molecule has 32 heavy (non-hydrogen) atoms. The lowest BCUT2D eigenvalue weighted by atomic mass is 9.80. The van der Waals surface area contributed by atoms with Crippen LogP contribution in [0.3, 0.4) is 0 Å². The van der Waals surface area contributed by atoms with Crippen LogP contribution in [0.25, 0.3) is 27.9 Å². The molecule has 0 radical (unpaired) electrons. The molecule has 7 rings (SSSR count). The van der Waals surface area contributed by atoms with Gasteiger partial charge in [0.15, 0.2) is 11.0 Å². The smallest absolute Gasteiger partial charge is 0.172 e. The largest absolute Gasteiger partial charge is 0.316 e. The fourth-order valence-electron chi connectivity index (χ4n) is 5.36. The molecule has 0 fully saturated rings. The molecule has 0 N–H and O–H groups in total. The van der Waals surface area contributed by atoms with Gasteiger partial charge in [0.1, 0.15) is 0 Å². The van der Waals surface area contributed by atoms with Crippen molar-refractivity contribution < 1.29 is 0 Å². The van der Waals surface area contributed by atoms with Gasteiger partial charge in [-0.2, -0.15) is 0 Å². The summed E-state index contributed by atoms with van der Waals surface area (Å²) in [4.78, 5) is 11.9. The second kappa shape index (κ2) is 6.65. The Bertz CT molecular complexity index is 1570. The van der Waals surface area contributed by atoms with E-state index in [0.717, 1.165) is 16.7 Å². The fraction of sp³-hybridized carbons (Fsp3) is 0.0714. The minimum absolute atomic E-state index is 0.0821. The first-order chi connectivity index (χ1) is 15.8. The van der Waals surface area contributed by atoms with E-state index in [9.17, 15) is 0 Å². The Labute approximate surface area is 190 Å². The van der Waals surface area contributed by atoms with E-state index in [0.29, 0.717) is 11.0 Å². The predicted octanol–water partition coefficient (Wildman–Crippen LogP) is 7.12. The molecule has 0 spiro atoms. The van der Waals surface area contributed by atoms with Gasteiger partial charge in [0.05, 0.1) is 17.1 Å². The summed E-state index contributed by atoms with van der Waals surface area (Å²) in [6, 6.07) is 29.7. The molecule has 2 atom stereocenters. The van der Waals surface area contributed by atoms with Crippen LogP contribution in [-0.2, 0) is 0 Å². The Hall–Kier alpha value is -3.69. The van der Waals surface area contributed by atoms with Gasteiger partial charge in [-0.05, 0) is 45.7 Å². The van der Waals surface area contributed by atoms with Gasteiger partial charge >= 0.3 is 0 Å². The van der Waals surface area contributed by atoms with Crippen molar-refractivity contribution in [2.24, 2.45) is 0 Å². The summed E-state index contributed by atoms with van der Waals surface area (Å²) in [5.74, 6) is 0.903. The first kappa shape index (κ1) is 17.9. The van der Waals surface area contributed by atoms with E-state index in [1.54, 1.807) is 0 Å². The van der Waals surface area contributed by atoms with Gasteiger partial charge in [0, 0.05) is 11.6 Å². The van der Waals surface area contributed by atoms with E-state index in [1.807, 2.05) is 24.3 Å². The number of rotatable bonds is 1. The maximum absolute atomic E-state index is 6.76. The van der Waals surface area contributed by atoms with Crippen LogP contribution in [0.2, 0.25) is 5.15 Å². The maximum atomic E-state index is 6.76. The first-order valence-corrected chi connectivity index (χ1v) is 11.2. The molecule has 152 valence electrons. The number of anilines is 2. The fourth-order valence-corrected chi connectivity index (χ4v) is 5.59. The molecule has 4 heteroatoms. The third-order valence-electron chi connectivity index (χ3n) is 6.70. The van der Waals surface area contributed by atoms with Crippen molar-refractivity contribution in [2.75, 3.05) is 4.90 Å². The highest BCUT2D eigenvalue weighted by Crippen LogP contribution is 2.54. The molecule has 0 amide bonds. The minimum Gasteiger partial charge on any atom is -0.316 e. The van der Waals surface area contributed by atoms with Crippen molar-refractivity contribution >= 4 is 51.0 Å². The average molecular weight is 432 g/mol. The van der Waals surface area contributed by atoms with E-state index in [2.05, 4.69) is 82.7 Å². The lowest BCUT2D eigenvalue weighted by Gasteiger charge is -2.31. The Kier molecular flexibility index (Phi) is 3.73. The number of hydrogen-bond acceptors (Lipinski definition) is 3. The van der Waals surface area contributed by atoms with Crippen molar-refractivity contribution in [3.8, 4) is 0 Å². The molecule has 2 unspecified atom stereocenters. The predicted molar refractivity (Wildman–Crippen MR) is 132 cm³/mol. The quantitative estimate of drug-likeness (QED) is 0.283. The van der Waals surface area contributed by atoms with Crippen molar-refractivity contribution in [3.05, 3.63) is 113 Å². The summed E-state index contributed by atoms with van der Waals surface area (Å²) in [5.41, 5.74) is 6.73. The maximum Gasteiger partial charge on any atom is 0.172 e. The van der Waals surface area contributed by atoms with E-state index >= 15 is 0 Å². The Morgan fingerprint density at radius 2 is 1.50 bits per heavy atom. The second-order valence-corrected chi connectivity index (χ2v) is 8.73. The molecular formula is C28H18ClN3. The van der Waals surface area contributed by atoms with E-state index < -0.39 is 0 Å². The lowest BCUT2D eigenvalue weighted by Crippen LogP contribution is -2.31. The van der Waals surface area contributed by atoms with Gasteiger partial charge in [-0.1, -0.05) is 90.5 Å². The first-order valence-electron chi connectivity index (χ1n) is 10.8. The number of para-hydroxylation sites is 2.